The van der Waals surface area contributed by atoms with Crippen LogP contribution in [0.5, 0.6) is 0 Å². The van der Waals surface area contributed by atoms with Crippen LogP contribution in [0.25, 0.3) is 0 Å². The molecule has 1 unspecified atom stereocenters. The van der Waals surface area contributed by atoms with Gasteiger partial charge in [0, 0.05) is 18.7 Å². The summed E-state index contributed by atoms with van der Waals surface area (Å²) in [6.45, 7) is 2.02. The first kappa shape index (κ1) is 12.9. The van der Waals surface area contributed by atoms with Gasteiger partial charge in [0.2, 0.25) is 0 Å². The summed E-state index contributed by atoms with van der Waals surface area (Å²) < 4.78 is 40.7. The number of carbonyl (C=O) groups excluding carboxylic acids is 1. The Morgan fingerprint density at radius 3 is 2.61 bits per heavy atom. The highest BCUT2D eigenvalue weighted by Crippen LogP contribution is 2.30. The molecular formula is C12H12F3NO2. The van der Waals surface area contributed by atoms with Crippen molar-refractivity contribution in [2.24, 2.45) is 0 Å². The highest BCUT2D eigenvalue weighted by atomic mass is 19.4. The molecule has 0 bridgehead atoms. The Morgan fingerprint density at radius 2 is 2.00 bits per heavy atom. The van der Waals surface area contributed by atoms with E-state index in [1.54, 1.807) is 31.2 Å². The number of hydrogen-bond donors (Lipinski definition) is 0. The van der Waals surface area contributed by atoms with Gasteiger partial charge in [-0.05, 0) is 18.6 Å². The number of Topliss-reactive ketones (excluding diaryl/α,β-unsaturated/α-hetero) is 1. The molecule has 0 saturated carbocycles. The normalized spacial score (nSPS) is 20.6. The van der Waals surface area contributed by atoms with Crippen molar-refractivity contribution in [1.29, 1.82) is 0 Å². The Labute approximate surface area is 102 Å². The number of rotatable bonds is 2. The van der Waals surface area contributed by atoms with E-state index in [0.29, 0.717) is 5.69 Å². The zero-order valence-corrected chi connectivity index (χ0v) is 9.70. The number of para-hydroxylation sites is 1. The van der Waals surface area contributed by atoms with Crippen molar-refractivity contribution in [3.05, 3.63) is 29.8 Å². The second-order valence-electron chi connectivity index (χ2n) is 4.11. The number of ketones is 1. The molecule has 0 amide bonds. The smallest absolute Gasteiger partial charge is 0.339 e. The van der Waals surface area contributed by atoms with Crippen molar-refractivity contribution in [1.82, 2.24) is 0 Å². The zero-order valence-electron chi connectivity index (χ0n) is 9.70. The molecule has 1 fully saturated rings. The molecule has 0 radical (unpaired) electrons. The van der Waals surface area contributed by atoms with Crippen LogP contribution < -0.4 is 4.90 Å². The molecule has 6 heteroatoms. The highest BCUT2D eigenvalue weighted by molar-refractivity contribution is 5.89. The van der Waals surface area contributed by atoms with Gasteiger partial charge in [0.05, 0.1) is 0 Å². The summed E-state index contributed by atoms with van der Waals surface area (Å²) in [7, 11) is 0. The number of alkyl halides is 3. The Morgan fingerprint density at radius 1 is 1.33 bits per heavy atom. The lowest BCUT2D eigenvalue weighted by Gasteiger charge is -2.27. The highest BCUT2D eigenvalue weighted by Gasteiger charge is 2.43. The van der Waals surface area contributed by atoms with Crippen molar-refractivity contribution in [2.45, 2.75) is 25.9 Å². The first-order valence-corrected chi connectivity index (χ1v) is 5.48. The second kappa shape index (κ2) is 4.61. The topological polar surface area (TPSA) is 29.5 Å². The maximum atomic E-state index is 12.3. The molecule has 1 atom stereocenters. The van der Waals surface area contributed by atoms with Crippen molar-refractivity contribution < 1.29 is 22.7 Å². The molecule has 3 nitrogen and oxygen atoms in total. The predicted octanol–water partition coefficient (Wildman–Crippen LogP) is 2.64. The monoisotopic (exact) mass is 259 g/mol. The molecule has 1 aromatic carbocycles. The number of nitrogens with zero attached hydrogens (tertiary/aromatic N) is 1. The fourth-order valence-corrected chi connectivity index (χ4v) is 2.03. The van der Waals surface area contributed by atoms with Crippen LogP contribution in [0.15, 0.2) is 24.3 Å². The van der Waals surface area contributed by atoms with Crippen LogP contribution in [0.2, 0.25) is 0 Å². The van der Waals surface area contributed by atoms with Gasteiger partial charge in [-0.15, -0.1) is 13.2 Å². The summed E-state index contributed by atoms with van der Waals surface area (Å²) in [6.07, 6.45) is -6.31. The SMILES string of the molecule is Cc1ccccc1N1CCC(=O)C1OC(F)(F)F. The molecule has 1 aliphatic rings. The van der Waals surface area contributed by atoms with E-state index in [1.807, 2.05) is 0 Å². The van der Waals surface area contributed by atoms with Crippen molar-refractivity contribution in [3.8, 4) is 0 Å². The lowest BCUT2D eigenvalue weighted by atomic mass is 10.2. The van der Waals surface area contributed by atoms with E-state index in [9.17, 15) is 18.0 Å². The minimum absolute atomic E-state index is 0.0646. The molecule has 1 aromatic rings. The van der Waals surface area contributed by atoms with E-state index in [2.05, 4.69) is 4.74 Å². The number of halogens is 3. The van der Waals surface area contributed by atoms with Crippen LogP contribution in [0.1, 0.15) is 12.0 Å². The average molecular weight is 259 g/mol. The quantitative estimate of drug-likeness (QED) is 0.817. The summed E-state index contributed by atoms with van der Waals surface area (Å²) in [5.41, 5.74) is 1.40. The van der Waals surface area contributed by atoms with Gasteiger partial charge in [-0.2, -0.15) is 0 Å². The molecular weight excluding hydrogens is 247 g/mol. The Hall–Kier alpha value is -1.56. The molecule has 98 valence electrons. The first-order chi connectivity index (χ1) is 8.38. The Kier molecular flexibility index (Phi) is 3.30. The van der Waals surface area contributed by atoms with Crippen molar-refractivity contribution >= 4 is 11.5 Å². The minimum Gasteiger partial charge on any atom is -0.339 e. The van der Waals surface area contributed by atoms with Crippen LogP contribution in [-0.4, -0.2) is 24.9 Å². The zero-order chi connectivity index (χ0) is 13.3. The van der Waals surface area contributed by atoms with Gasteiger partial charge in [-0.25, -0.2) is 0 Å². The molecule has 1 aliphatic heterocycles. The van der Waals surface area contributed by atoms with Crippen LogP contribution >= 0.6 is 0 Å². The van der Waals surface area contributed by atoms with Crippen molar-refractivity contribution in [2.75, 3.05) is 11.4 Å². The second-order valence-corrected chi connectivity index (χ2v) is 4.11. The number of aryl methyl sites for hydroxylation is 1. The number of carbonyl (C=O) groups is 1. The molecule has 0 N–H and O–H groups in total. The number of ether oxygens (including phenoxy) is 1. The van der Waals surface area contributed by atoms with Gasteiger partial charge < -0.3 is 4.90 Å². The molecule has 1 saturated heterocycles. The molecule has 0 aliphatic carbocycles. The summed E-state index contributed by atoms with van der Waals surface area (Å²) in [4.78, 5) is 12.8. The lowest BCUT2D eigenvalue weighted by molar-refractivity contribution is -0.335. The molecule has 0 spiro atoms. The molecule has 2 rings (SSSR count). The van der Waals surface area contributed by atoms with Crippen LogP contribution in [-0.2, 0) is 9.53 Å². The Bertz CT molecular complexity index is 459. The third kappa shape index (κ3) is 2.64. The molecule has 1 heterocycles. The Balaban J connectivity index is 2.27. The van der Waals surface area contributed by atoms with Gasteiger partial charge in [0.1, 0.15) is 0 Å². The fourth-order valence-electron chi connectivity index (χ4n) is 2.03. The van der Waals surface area contributed by atoms with E-state index in [0.717, 1.165) is 5.56 Å². The lowest BCUT2D eigenvalue weighted by Crippen LogP contribution is -2.40. The van der Waals surface area contributed by atoms with Crippen molar-refractivity contribution in [3.63, 3.8) is 0 Å². The van der Waals surface area contributed by atoms with Gasteiger partial charge in [0.15, 0.2) is 12.0 Å². The van der Waals surface area contributed by atoms with Gasteiger partial charge in [-0.1, -0.05) is 18.2 Å². The largest absolute Gasteiger partial charge is 0.524 e. The van der Waals surface area contributed by atoms with Crippen LogP contribution in [0, 0.1) is 6.92 Å². The summed E-state index contributed by atoms with van der Waals surface area (Å²) in [6, 6.07) is 6.97. The van der Waals surface area contributed by atoms with E-state index < -0.39 is 18.4 Å². The standard InChI is InChI=1S/C12H12F3NO2/c1-8-4-2-3-5-9(8)16-7-6-10(17)11(16)18-12(13,14)15/h2-5,11H,6-7H2,1H3. The molecule has 18 heavy (non-hydrogen) atoms. The maximum Gasteiger partial charge on any atom is 0.524 e. The summed E-state index contributed by atoms with van der Waals surface area (Å²) in [5, 5.41) is 0. The third-order valence-electron chi connectivity index (χ3n) is 2.83. The van der Waals surface area contributed by atoms with Gasteiger partial charge >= 0.3 is 6.36 Å². The summed E-state index contributed by atoms with van der Waals surface area (Å²) >= 11 is 0. The van der Waals surface area contributed by atoms with E-state index in [4.69, 9.17) is 0 Å². The third-order valence-corrected chi connectivity index (χ3v) is 2.83. The minimum atomic E-state index is -4.81. The van der Waals surface area contributed by atoms with Gasteiger partial charge in [0.25, 0.3) is 0 Å². The first-order valence-electron chi connectivity index (χ1n) is 5.48. The predicted molar refractivity (Wildman–Crippen MR) is 59.1 cm³/mol. The summed E-state index contributed by atoms with van der Waals surface area (Å²) in [5.74, 6) is -0.546. The fraction of sp³-hybridized carbons (Fsp3) is 0.417. The van der Waals surface area contributed by atoms with E-state index in [-0.39, 0.29) is 13.0 Å². The number of anilines is 1. The van der Waals surface area contributed by atoms with Gasteiger partial charge in [-0.3, -0.25) is 9.53 Å². The van der Waals surface area contributed by atoms with Crippen LogP contribution in [0.3, 0.4) is 0 Å². The number of hydrogen-bond acceptors (Lipinski definition) is 3. The van der Waals surface area contributed by atoms with Crippen LogP contribution in [0.4, 0.5) is 18.9 Å². The average Bonchev–Trinajstić information content (AvgIpc) is 2.60. The van der Waals surface area contributed by atoms with E-state index >= 15 is 0 Å². The number of benzene rings is 1. The van der Waals surface area contributed by atoms with E-state index in [1.165, 1.54) is 4.90 Å². The molecule has 0 aromatic heterocycles. The maximum absolute atomic E-state index is 12.3.